The first-order valence-electron chi connectivity index (χ1n) is 5.35. The van der Waals surface area contributed by atoms with Gasteiger partial charge in [-0.15, -0.1) is 0 Å². The molecule has 0 atom stereocenters. The van der Waals surface area contributed by atoms with E-state index in [0.29, 0.717) is 12.1 Å². The molecule has 2 aromatic rings. The van der Waals surface area contributed by atoms with Crippen LogP contribution < -0.4 is 5.32 Å². The van der Waals surface area contributed by atoms with Crippen LogP contribution >= 0.6 is 0 Å². The SMILES string of the molecule is Cc1nn(C)cc1CNc1c(F)cc(F)cc1F. The van der Waals surface area contributed by atoms with Crippen LogP contribution in [0.2, 0.25) is 0 Å². The summed E-state index contributed by atoms with van der Waals surface area (Å²) in [4.78, 5) is 0. The number of benzene rings is 1. The van der Waals surface area contributed by atoms with Gasteiger partial charge in [-0.2, -0.15) is 5.10 Å². The van der Waals surface area contributed by atoms with Crippen molar-refractivity contribution in [1.29, 1.82) is 0 Å². The minimum Gasteiger partial charge on any atom is -0.376 e. The van der Waals surface area contributed by atoms with Crippen LogP contribution in [0.5, 0.6) is 0 Å². The lowest BCUT2D eigenvalue weighted by molar-refractivity contribution is 0.547. The van der Waals surface area contributed by atoms with Crippen LogP contribution in [0.25, 0.3) is 0 Å². The van der Waals surface area contributed by atoms with Gasteiger partial charge in [-0.1, -0.05) is 0 Å². The maximum atomic E-state index is 13.4. The normalized spacial score (nSPS) is 10.7. The van der Waals surface area contributed by atoms with Crippen LogP contribution in [0, 0.1) is 24.4 Å². The van der Waals surface area contributed by atoms with E-state index in [0.717, 1.165) is 11.3 Å². The van der Waals surface area contributed by atoms with Crippen molar-refractivity contribution in [2.45, 2.75) is 13.5 Å². The Kier molecular flexibility index (Phi) is 3.27. The Morgan fingerprint density at radius 1 is 1.22 bits per heavy atom. The molecular formula is C12H12F3N3. The number of nitrogens with zero attached hydrogens (tertiary/aromatic N) is 2. The van der Waals surface area contributed by atoms with Crippen LogP contribution in [0.4, 0.5) is 18.9 Å². The van der Waals surface area contributed by atoms with Gasteiger partial charge in [0.05, 0.1) is 5.69 Å². The molecule has 1 aromatic heterocycles. The van der Waals surface area contributed by atoms with E-state index in [1.165, 1.54) is 0 Å². The van der Waals surface area contributed by atoms with E-state index >= 15 is 0 Å². The molecule has 0 amide bonds. The van der Waals surface area contributed by atoms with Crippen LogP contribution in [0.15, 0.2) is 18.3 Å². The van der Waals surface area contributed by atoms with Crippen molar-refractivity contribution in [2.24, 2.45) is 7.05 Å². The Morgan fingerprint density at radius 2 is 1.83 bits per heavy atom. The number of hydrogen-bond donors (Lipinski definition) is 1. The number of rotatable bonds is 3. The summed E-state index contributed by atoms with van der Waals surface area (Å²) < 4.78 is 41.0. The van der Waals surface area contributed by atoms with Crippen molar-refractivity contribution in [1.82, 2.24) is 9.78 Å². The zero-order valence-corrected chi connectivity index (χ0v) is 9.97. The lowest BCUT2D eigenvalue weighted by Gasteiger charge is -2.08. The second-order valence-corrected chi connectivity index (χ2v) is 4.01. The van der Waals surface area contributed by atoms with Gasteiger partial charge in [0.2, 0.25) is 0 Å². The third-order valence-corrected chi connectivity index (χ3v) is 2.58. The van der Waals surface area contributed by atoms with Crippen LogP contribution in [0.1, 0.15) is 11.3 Å². The van der Waals surface area contributed by atoms with E-state index in [1.54, 1.807) is 24.9 Å². The van der Waals surface area contributed by atoms with Crippen LogP contribution in [-0.2, 0) is 13.6 Å². The molecule has 18 heavy (non-hydrogen) atoms. The number of nitrogens with one attached hydrogen (secondary N) is 1. The highest BCUT2D eigenvalue weighted by Gasteiger charge is 2.12. The summed E-state index contributed by atoms with van der Waals surface area (Å²) in [5, 5.41) is 6.72. The predicted molar refractivity (Wildman–Crippen MR) is 61.6 cm³/mol. The molecule has 0 bridgehead atoms. The summed E-state index contributed by atoms with van der Waals surface area (Å²) in [5.41, 5.74) is 1.26. The van der Waals surface area contributed by atoms with Gasteiger partial charge in [-0.25, -0.2) is 13.2 Å². The van der Waals surface area contributed by atoms with Crippen molar-refractivity contribution in [3.05, 3.63) is 47.0 Å². The first kappa shape index (κ1) is 12.5. The highest BCUT2D eigenvalue weighted by atomic mass is 19.1. The standard InChI is InChI=1S/C12H12F3N3/c1-7-8(6-18(2)17-7)5-16-12-10(14)3-9(13)4-11(12)15/h3-4,6,16H,5H2,1-2H3. The van der Waals surface area contributed by atoms with E-state index < -0.39 is 17.5 Å². The third kappa shape index (κ3) is 2.47. The lowest BCUT2D eigenvalue weighted by Crippen LogP contribution is -2.04. The zero-order chi connectivity index (χ0) is 13.3. The molecule has 0 aliphatic heterocycles. The fourth-order valence-corrected chi connectivity index (χ4v) is 1.72. The van der Waals surface area contributed by atoms with Gasteiger partial charge in [-0.3, -0.25) is 4.68 Å². The molecule has 0 aliphatic carbocycles. The quantitative estimate of drug-likeness (QED) is 0.914. The maximum Gasteiger partial charge on any atom is 0.152 e. The molecule has 6 heteroatoms. The first-order chi connectivity index (χ1) is 8.47. The van der Waals surface area contributed by atoms with Crippen LogP contribution in [-0.4, -0.2) is 9.78 Å². The summed E-state index contributed by atoms with van der Waals surface area (Å²) >= 11 is 0. The molecule has 96 valence electrons. The largest absolute Gasteiger partial charge is 0.376 e. The molecule has 1 N–H and O–H groups in total. The molecule has 0 spiro atoms. The Bertz CT molecular complexity index is 555. The molecule has 1 heterocycles. The molecule has 0 aliphatic rings. The van der Waals surface area contributed by atoms with Gasteiger partial charge in [-0.05, 0) is 6.92 Å². The van der Waals surface area contributed by atoms with Gasteiger partial charge in [0, 0.05) is 37.5 Å². The number of anilines is 1. The Balaban J connectivity index is 2.18. The maximum absolute atomic E-state index is 13.4. The molecule has 0 unspecified atom stereocenters. The van der Waals surface area contributed by atoms with Crippen molar-refractivity contribution in [2.75, 3.05) is 5.32 Å². The van der Waals surface area contributed by atoms with Crippen molar-refractivity contribution in [3.63, 3.8) is 0 Å². The second-order valence-electron chi connectivity index (χ2n) is 4.01. The molecule has 3 nitrogen and oxygen atoms in total. The summed E-state index contributed by atoms with van der Waals surface area (Å²) in [5.74, 6) is -2.84. The van der Waals surface area contributed by atoms with Gasteiger partial charge >= 0.3 is 0 Å². The minimum atomic E-state index is -0.950. The average Bonchev–Trinajstić information content (AvgIpc) is 2.55. The highest BCUT2D eigenvalue weighted by Crippen LogP contribution is 2.21. The summed E-state index contributed by atoms with van der Waals surface area (Å²) in [6.07, 6.45) is 1.75. The number of hydrogen-bond acceptors (Lipinski definition) is 2. The first-order valence-corrected chi connectivity index (χ1v) is 5.35. The number of halogens is 3. The lowest BCUT2D eigenvalue weighted by atomic mass is 10.2. The van der Waals surface area contributed by atoms with E-state index in [9.17, 15) is 13.2 Å². The Labute approximate surface area is 102 Å². The fraction of sp³-hybridized carbons (Fsp3) is 0.250. The van der Waals surface area contributed by atoms with E-state index in [-0.39, 0.29) is 12.2 Å². The number of aryl methyl sites for hydroxylation is 2. The van der Waals surface area contributed by atoms with Crippen molar-refractivity contribution >= 4 is 5.69 Å². The van der Waals surface area contributed by atoms with E-state index in [2.05, 4.69) is 10.4 Å². The fourth-order valence-electron chi connectivity index (χ4n) is 1.72. The van der Waals surface area contributed by atoms with Crippen LogP contribution in [0.3, 0.4) is 0 Å². The van der Waals surface area contributed by atoms with Gasteiger partial charge in [0.15, 0.2) is 11.6 Å². The topological polar surface area (TPSA) is 29.9 Å². The molecule has 0 saturated heterocycles. The van der Waals surface area contributed by atoms with Crippen molar-refractivity contribution in [3.8, 4) is 0 Å². The molecule has 0 fully saturated rings. The summed E-state index contributed by atoms with van der Waals surface area (Å²) in [6.45, 7) is 2.02. The van der Waals surface area contributed by atoms with E-state index in [4.69, 9.17) is 0 Å². The average molecular weight is 255 g/mol. The molecular weight excluding hydrogens is 243 g/mol. The monoisotopic (exact) mass is 255 g/mol. The Morgan fingerprint density at radius 3 is 2.33 bits per heavy atom. The molecule has 0 saturated carbocycles. The van der Waals surface area contributed by atoms with Gasteiger partial charge < -0.3 is 5.32 Å². The van der Waals surface area contributed by atoms with Crippen molar-refractivity contribution < 1.29 is 13.2 Å². The zero-order valence-electron chi connectivity index (χ0n) is 9.97. The molecule has 1 aromatic carbocycles. The summed E-state index contributed by atoms with van der Waals surface area (Å²) in [7, 11) is 1.76. The number of aromatic nitrogens is 2. The minimum absolute atomic E-state index is 0.221. The third-order valence-electron chi connectivity index (χ3n) is 2.58. The summed E-state index contributed by atoms with van der Waals surface area (Å²) in [6, 6.07) is 1.28. The van der Waals surface area contributed by atoms with Gasteiger partial charge in [0.25, 0.3) is 0 Å². The highest BCUT2D eigenvalue weighted by molar-refractivity contribution is 5.47. The molecule has 0 radical (unpaired) electrons. The predicted octanol–water partition coefficient (Wildman–Crippen LogP) is 2.76. The second kappa shape index (κ2) is 4.72. The molecule has 2 rings (SSSR count). The smallest absolute Gasteiger partial charge is 0.152 e. The Hall–Kier alpha value is -1.98. The van der Waals surface area contributed by atoms with Gasteiger partial charge in [0.1, 0.15) is 11.5 Å². The van der Waals surface area contributed by atoms with E-state index in [1.807, 2.05) is 0 Å².